The number of carbonyl (C=O) groups excluding carboxylic acids is 3. The smallest absolute Gasteiger partial charge is 0.307 e. The summed E-state index contributed by atoms with van der Waals surface area (Å²) in [6.07, 6.45) is 0.411. The molecule has 6 heteroatoms. The van der Waals surface area contributed by atoms with Crippen LogP contribution in [0.3, 0.4) is 0 Å². The Hall–Kier alpha value is -1.59. The molecule has 1 saturated heterocycles. The molecule has 1 aliphatic heterocycles. The molecule has 0 aromatic heterocycles. The minimum absolute atomic E-state index is 0.0975. The minimum Gasteiger partial charge on any atom is -0.469 e. The molecule has 16 heavy (non-hydrogen) atoms. The molecule has 6 nitrogen and oxygen atoms in total. The van der Waals surface area contributed by atoms with Gasteiger partial charge in [0.2, 0.25) is 11.8 Å². The molecule has 0 aromatic carbocycles. The SMILES string of the molecule is COC(=O)CCN(C)C(=O)C1CNC(=O)C1. The number of ether oxygens (including phenoxy) is 1. The predicted molar refractivity (Wildman–Crippen MR) is 55.4 cm³/mol. The Morgan fingerprint density at radius 1 is 1.56 bits per heavy atom. The van der Waals surface area contributed by atoms with Crippen LogP contribution in [0.4, 0.5) is 0 Å². The van der Waals surface area contributed by atoms with E-state index in [0.29, 0.717) is 13.1 Å². The van der Waals surface area contributed by atoms with Crippen molar-refractivity contribution in [2.24, 2.45) is 5.92 Å². The molecule has 1 unspecified atom stereocenters. The fraction of sp³-hybridized carbons (Fsp3) is 0.700. The van der Waals surface area contributed by atoms with Crippen LogP contribution in [0.15, 0.2) is 0 Å². The number of hydrogen-bond donors (Lipinski definition) is 1. The van der Waals surface area contributed by atoms with Crippen LogP contribution in [0.1, 0.15) is 12.8 Å². The van der Waals surface area contributed by atoms with Gasteiger partial charge >= 0.3 is 5.97 Å². The van der Waals surface area contributed by atoms with Gasteiger partial charge in [-0.3, -0.25) is 14.4 Å². The lowest BCUT2D eigenvalue weighted by atomic mass is 10.1. The number of esters is 1. The second-order valence-electron chi connectivity index (χ2n) is 3.79. The highest BCUT2D eigenvalue weighted by atomic mass is 16.5. The molecular formula is C10H16N2O4. The van der Waals surface area contributed by atoms with Crippen molar-refractivity contribution >= 4 is 17.8 Å². The molecule has 0 aliphatic carbocycles. The molecule has 0 spiro atoms. The van der Waals surface area contributed by atoms with Gasteiger partial charge in [-0.1, -0.05) is 0 Å². The monoisotopic (exact) mass is 228 g/mol. The maximum atomic E-state index is 11.8. The Balaban J connectivity index is 2.36. The summed E-state index contributed by atoms with van der Waals surface area (Å²) in [6.45, 7) is 0.705. The summed E-state index contributed by atoms with van der Waals surface area (Å²) in [5.74, 6) is -0.850. The third kappa shape index (κ3) is 3.22. The largest absolute Gasteiger partial charge is 0.469 e. The van der Waals surface area contributed by atoms with Gasteiger partial charge in [-0.15, -0.1) is 0 Å². The molecule has 0 radical (unpaired) electrons. The summed E-state index contributed by atoms with van der Waals surface area (Å²) in [5, 5.41) is 2.60. The number of amides is 2. The first kappa shape index (κ1) is 12.5. The molecule has 1 atom stereocenters. The Bertz CT molecular complexity index is 303. The zero-order valence-electron chi connectivity index (χ0n) is 9.49. The molecule has 2 amide bonds. The molecule has 0 saturated carbocycles. The average molecular weight is 228 g/mol. The standard InChI is InChI=1S/C10H16N2O4/c1-12(4-3-9(14)16-2)10(15)7-5-8(13)11-6-7/h7H,3-6H2,1-2H3,(H,11,13). The van der Waals surface area contributed by atoms with Crippen molar-refractivity contribution in [3.05, 3.63) is 0 Å². The first-order valence-electron chi connectivity index (χ1n) is 5.13. The molecule has 90 valence electrons. The number of carbonyl (C=O) groups is 3. The molecule has 1 N–H and O–H groups in total. The van der Waals surface area contributed by atoms with Crippen LogP contribution < -0.4 is 5.32 Å². The van der Waals surface area contributed by atoms with Gasteiger partial charge in [0.25, 0.3) is 0 Å². The minimum atomic E-state index is -0.347. The van der Waals surface area contributed by atoms with Crippen molar-refractivity contribution in [3.8, 4) is 0 Å². The lowest BCUT2D eigenvalue weighted by Gasteiger charge is -2.19. The molecule has 1 heterocycles. The predicted octanol–water partition coefficient (Wildman–Crippen LogP) is -0.856. The maximum absolute atomic E-state index is 11.8. The average Bonchev–Trinajstić information content (AvgIpc) is 2.71. The van der Waals surface area contributed by atoms with Gasteiger partial charge in [-0.25, -0.2) is 0 Å². The van der Waals surface area contributed by atoms with E-state index >= 15 is 0 Å². The van der Waals surface area contributed by atoms with E-state index in [1.807, 2.05) is 0 Å². The number of hydrogen-bond acceptors (Lipinski definition) is 4. The molecular weight excluding hydrogens is 212 g/mol. The maximum Gasteiger partial charge on any atom is 0.307 e. The lowest BCUT2D eigenvalue weighted by Crippen LogP contribution is -2.35. The van der Waals surface area contributed by atoms with Gasteiger partial charge in [-0.05, 0) is 0 Å². The summed E-state index contributed by atoms with van der Waals surface area (Å²) >= 11 is 0. The van der Waals surface area contributed by atoms with Gasteiger partial charge in [-0.2, -0.15) is 0 Å². The van der Waals surface area contributed by atoms with Crippen LogP contribution in [-0.4, -0.2) is 49.9 Å². The van der Waals surface area contributed by atoms with Crippen LogP contribution in [0.25, 0.3) is 0 Å². The van der Waals surface area contributed by atoms with Gasteiger partial charge in [0.15, 0.2) is 0 Å². The van der Waals surface area contributed by atoms with Crippen LogP contribution in [-0.2, 0) is 19.1 Å². The zero-order chi connectivity index (χ0) is 12.1. The third-order valence-electron chi connectivity index (χ3n) is 2.58. The fourth-order valence-corrected chi connectivity index (χ4v) is 1.56. The summed E-state index contributed by atoms with van der Waals surface area (Å²) in [7, 11) is 2.93. The fourth-order valence-electron chi connectivity index (χ4n) is 1.56. The zero-order valence-corrected chi connectivity index (χ0v) is 9.49. The van der Waals surface area contributed by atoms with Crippen molar-refractivity contribution < 1.29 is 19.1 Å². The van der Waals surface area contributed by atoms with E-state index in [2.05, 4.69) is 10.1 Å². The number of nitrogens with zero attached hydrogens (tertiary/aromatic N) is 1. The highest BCUT2D eigenvalue weighted by molar-refractivity contribution is 5.89. The van der Waals surface area contributed by atoms with Gasteiger partial charge in [0.1, 0.15) is 0 Å². The molecule has 1 aliphatic rings. The van der Waals surface area contributed by atoms with Crippen molar-refractivity contribution in [2.75, 3.05) is 27.2 Å². The van der Waals surface area contributed by atoms with E-state index in [-0.39, 0.29) is 36.5 Å². The van der Waals surface area contributed by atoms with Gasteiger partial charge in [0.05, 0.1) is 19.4 Å². The summed E-state index contributed by atoms with van der Waals surface area (Å²) in [6, 6.07) is 0. The first-order valence-corrected chi connectivity index (χ1v) is 5.13. The van der Waals surface area contributed by atoms with Crippen molar-refractivity contribution in [1.82, 2.24) is 10.2 Å². The number of rotatable bonds is 4. The van der Waals surface area contributed by atoms with Crippen LogP contribution in [0.5, 0.6) is 0 Å². The Kier molecular flexibility index (Phi) is 4.28. The summed E-state index contributed by atoms with van der Waals surface area (Å²) < 4.78 is 4.48. The topological polar surface area (TPSA) is 75.7 Å². The summed E-state index contributed by atoms with van der Waals surface area (Å²) in [4.78, 5) is 35.1. The van der Waals surface area contributed by atoms with E-state index in [0.717, 1.165) is 0 Å². The van der Waals surface area contributed by atoms with E-state index in [1.165, 1.54) is 12.0 Å². The van der Waals surface area contributed by atoms with Crippen LogP contribution >= 0.6 is 0 Å². The second kappa shape index (κ2) is 5.48. The molecule has 0 bridgehead atoms. The quantitative estimate of drug-likeness (QED) is 0.635. The summed E-state index contributed by atoms with van der Waals surface area (Å²) in [5.41, 5.74) is 0. The number of nitrogens with one attached hydrogen (secondary N) is 1. The Morgan fingerprint density at radius 2 is 2.25 bits per heavy atom. The first-order chi connectivity index (χ1) is 7.54. The highest BCUT2D eigenvalue weighted by Crippen LogP contribution is 2.11. The van der Waals surface area contributed by atoms with Crippen molar-refractivity contribution in [3.63, 3.8) is 0 Å². The van der Waals surface area contributed by atoms with E-state index in [1.54, 1.807) is 7.05 Å². The lowest BCUT2D eigenvalue weighted by molar-refractivity contribution is -0.142. The van der Waals surface area contributed by atoms with E-state index < -0.39 is 0 Å². The van der Waals surface area contributed by atoms with Crippen LogP contribution in [0.2, 0.25) is 0 Å². The Morgan fingerprint density at radius 3 is 2.75 bits per heavy atom. The van der Waals surface area contributed by atoms with E-state index in [9.17, 15) is 14.4 Å². The molecule has 1 rings (SSSR count). The Labute approximate surface area is 93.9 Å². The van der Waals surface area contributed by atoms with Gasteiger partial charge < -0.3 is 15.0 Å². The molecule has 0 aromatic rings. The highest BCUT2D eigenvalue weighted by Gasteiger charge is 2.29. The third-order valence-corrected chi connectivity index (χ3v) is 2.58. The second-order valence-corrected chi connectivity index (χ2v) is 3.79. The van der Waals surface area contributed by atoms with Crippen molar-refractivity contribution in [1.29, 1.82) is 0 Å². The van der Waals surface area contributed by atoms with Crippen LogP contribution in [0, 0.1) is 5.92 Å². The normalized spacial score (nSPS) is 19.1. The van der Waals surface area contributed by atoms with Crippen molar-refractivity contribution in [2.45, 2.75) is 12.8 Å². The van der Waals surface area contributed by atoms with E-state index in [4.69, 9.17) is 0 Å². The van der Waals surface area contributed by atoms with Gasteiger partial charge in [0, 0.05) is 26.6 Å². The number of methoxy groups -OCH3 is 1. The molecule has 1 fully saturated rings.